The van der Waals surface area contributed by atoms with Crippen molar-refractivity contribution in [3.63, 3.8) is 0 Å². The molecule has 6 heteroatoms. The maximum absolute atomic E-state index is 12.9. The van der Waals surface area contributed by atoms with Crippen molar-refractivity contribution < 1.29 is 28.6 Å². The van der Waals surface area contributed by atoms with Crippen LogP contribution in [0.2, 0.25) is 0 Å². The minimum Gasteiger partial charge on any atom is -0.462 e. The monoisotopic (exact) mass is 1140 g/mol. The van der Waals surface area contributed by atoms with Crippen molar-refractivity contribution in [3.05, 3.63) is 170 Å². The summed E-state index contributed by atoms with van der Waals surface area (Å²) in [5, 5.41) is 0. The topological polar surface area (TPSA) is 78.9 Å². The smallest absolute Gasteiger partial charge is 0.306 e. The van der Waals surface area contributed by atoms with Crippen molar-refractivity contribution in [2.45, 2.75) is 284 Å². The third kappa shape index (κ3) is 67.4. The van der Waals surface area contributed by atoms with Crippen LogP contribution in [0.4, 0.5) is 0 Å². The number of carbonyl (C=O) groups excluding carboxylic acids is 3. The van der Waals surface area contributed by atoms with E-state index < -0.39 is 6.10 Å². The molecule has 0 aromatic rings. The van der Waals surface area contributed by atoms with Crippen molar-refractivity contribution >= 4 is 17.9 Å². The van der Waals surface area contributed by atoms with Gasteiger partial charge in [-0.2, -0.15) is 0 Å². The first kappa shape index (κ1) is 77.8. The molecule has 1 unspecified atom stereocenters. The zero-order valence-corrected chi connectivity index (χ0v) is 53.4. The molecule has 0 heterocycles. The number of hydrogen-bond acceptors (Lipinski definition) is 6. The van der Waals surface area contributed by atoms with E-state index in [0.29, 0.717) is 19.3 Å². The molecular formula is C77H122O6. The standard InChI is InChI=1S/C77H122O6/c1-4-7-10-13-16-19-22-25-27-29-31-33-34-35-36-37-38-39-40-41-42-44-45-47-49-52-55-58-61-64-67-70-76(79)82-73-74(72-81-75(78)69-66-63-60-57-54-51-24-21-18-15-12-9-6-3)83-77(80)71-68-65-62-59-56-53-50-48-46-43-32-30-28-26-23-20-17-14-11-8-5-2/h7,9-10,12,16,18-19,21,23,25-27,30-33,35-36,38-39,41-42,45-48,51,54,74H,4-6,8,11,13-15,17,20,22,24,28-29,34,37,40,43-44,49-50,52-53,55-73H2,1-3H3/b10-7-,12-9-,19-16-,21-18-,26-23-,27-25-,32-30-,33-31-,36-35-,39-38-,42-41-,47-45-,48-46-,54-51-. The Kier molecular flexibility index (Phi) is 64.9. The highest BCUT2D eigenvalue weighted by Gasteiger charge is 2.19. The molecule has 0 N–H and O–H groups in total. The van der Waals surface area contributed by atoms with Crippen molar-refractivity contribution in [1.29, 1.82) is 0 Å². The van der Waals surface area contributed by atoms with E-state index in [9.17, 15) is 14.4 Å². The van der Waals surface area contributed by atoms with Crippen LogP contribution in [0, 0.1) is 0 Å². The van der Waals surface area contributed by atoms with E-state index in [4.69, 9.17) is 14.2 Å². The van der Waals surface area contributed by atoms with E-state index in [-0.39, 0.29) is 31.1 Å². The molecule has 83 heavy (non-hydrogen) atoms. The van der Waals surface area contributed by atoms with Crippen LogP contribution in [0.15, 0.2) is 170 Å². The van der Waals surface area contributed by atoms with E-state index in [1.807, 2.05) is 0 Å². The maximum atomic E-state index is 12.9. The molecule has 0 amide bonds. The first-order valence-electron chi connectivity index (χ1n) is 33.6. The predicted molar refractivity (Wildman–Crippen MR) is 361 cm³/mol. The molecule has 6 nitrogen and oxygen atoms in total. The number of hydrogen-bond donors (Lipinski definition) is 0. The number of unbranched alkanes of at least 4 members (excludes halogenated alkanes) is 20. The van der Waals surface area contributed by atoms with Gasteiger partial charge in [0.15, 0.2) is 6.10 Å². The summed E-state index contributed by atoms with van der Waals surface area (Å²) in [5.41, 5.74) is 0. The average molecular weight is 1140 g/mol. The minimum atomic E-state index is -0.814. The van der Waals surface area contributed by atoms with Crippen molar-refractivity contribution in [2.75, 3.05) is 13.2 Å². The first-order chi connectivity index (χ1) is 41.0. The Bertz CT molecular complexity index is 1890. The quantitative estimate of drug-likeness (QED) is 0.0261. The Morgan fingerprint density at radius 3 is 0.747 bits per heavy atom. The molecule has 0 aliphatic heterocycles. The Balaban J connectivity index is 4.41. The molecule has 0 spiro atoms. The molecule has 0 rings (SSSR count). The molecule has 0 saturated heterocycles. The van der Waals surface area contributed by atoms with Gasteiger partial charge in [0, 0.05) is 19.3 Å². The van der Waals surface area contributed by atoms with Crippen LogP contribution in [0.3, 0.4) is 0 Å². The van der Waals surface area contributed by atoms with Crippen molar-refractivity contribution in [3.8, 4) is 0 Å². The molecule has 0 bridgehead atoms. The van der Waals surface area contributed by atoms with Crippen LogP contribution in [-0.2, 0) is 28.6 Å². The van der Waals surface area contributed by atoms with E-state index in [1.54, 1.807) is 0 Å². The lowest BCUT2D eigenvalue weighted by Crippen LogP contribution is -2.30. The molecule has 0 aromatic carbocycles. The largest absolute Gasteiger partial charge is 0.462 e. The van der Waals surface area contributed by atoms with Gasteiger partial charge in [-0.25, -0.2) is 0 Å². The van der Waals surface area contributed by atoms with Gasteiger partial charge >= 0.3 is 17.9 Å². The van der Waals surface area contributed by atoms with Crippen molar-refractivity contribution in [2.24, 2.45) is 0 Å². The van der Waals surface area contributed by atoms with E-state index in [2.05, 4.69) is 191 Å². The maximum Gasteiger partial charge on any atom is 0.306 e. The van der Waals surface area contributed by atoms with E-state index in [1.165, 1.54) is 64.2 Å². The summed E-state index contributed by atoms with van der Waals surface area (Å²) in [5.74, 6) is -0.967. The van der Waals surface area contributed by atoms with Gasteiger partial charge in [0.05, 0.1) is 0 Å². The molecular weight excluding hydrogens is 1020 g/mol. The minimum absolute atomic E-state index is 0.108. The van der Waals surface area contributed by atoms with Crippen LogP contribution in [0.25, 0.3) is 0 Å². The average Bonchev–Trinajstić information content (AvgIpc) is 3.49. The van der Waals surface area contributed by atoms with Gasteiger partial charge in [0.25, 0.3) is 0 Å². The zero-order valence-electron chi connectivity index (χ0n) is 53.4. The Morgan fingerprint density at radius 2 is 0.470 bits per heavy atom. The Morgan fingerprint density at radius 1 is 0.253 bits per heavy atom. The number of ether oxygens (including phenoxy) is 3. The van der Waals surface area contributed by atoms with Gasteiger partial charge in [-0.3, -0.25) is 14.4 Å². The second kappa shape index (κ2) is 69.3. The fraction of sp³-hybridized carbons (Fsp3) is 0.597. The summed E-state index contributed by atoms with van der Waals surface area (Å²) in [6.45, 7) is 6.35. The summed E-state index contributed by atoms with van der Waals surface area (Å²) >= 11 is 0. The van der Waals surface area contributed by atoms with Gasteiger partial charge in [0.2, 0.25) is 0 Å². The predicted octanol–water partition coefficient (Wildman–Crippen LogP) is 23.4. The van der Waals surface area contributed by atoms with Gasteiger partial charge in [-0.05, 0) is 154 Å². The van der Waals surface area contributed by atoms with Gasteiger partial charge in [-0.1, -0.05) is 274 Å². The van der Waals surface area contributed by atoms with Crippen LogP contribution < -0.4 is 0 Å². The number of allylic oxidation sites excluding steroid dienone is 28. The number of esters is 3. The number of carbonyl (C=O) groups is 3. The van der Waals surface area contributed by atoms with Gasteiger partial charge in [-0.15, -0.1) is 0 Å². The lowest BCUT2D eigenvalue weighted by atomic mass is 10.1. The van der Waals surface area contributed by atoms with Gasteiger partial charge < -0.3 is 14.2 Å². The molecule has 0 aliphatic rings. The molecule has 466 valence electrons. The fourth-order valence-electron chi connectivity index (χ4n) is 8.71. The molecule has 0 aromatic heterocycles. The lowest BCUT2D eigenvalue weighted by Gasteiger charge is -2.18. The first-order valence-corrected chi connectivity index (χ1v) is 33.6. The highest BCUT2D eigenvalue weighted by molar-refractivity contribution is 5.71. The summed E-state index contributed by atoms with van der Waals surface area (Å²) < 4.78 is 16.9. The zero-order chi connectivity index (χ0) is 59.9. The second-order valence-electron chi connectivity index (χ2n) is 21.6. The summed E-state index contributed by atoms with van der Waals surface area (Å²) in [6, 6.07) is 0. The molecule has 0 radical (unpaired) electrons. The molecule has 0 aliphatic carbocycles. The third-order valence-electron chi connectivity index (χ3n) is 13.7. The SMILES string of the molecule is CC/C=C\C/C=C\C/C=C\C/C=C\C/C=C\C/C=C\C/C=C\C/C=C\CCCCCCCCC(=O)OCC(COC(=O)CCCCC/C=C\C/C=C\C/C=C\CC)OC(=O)CCCCCCCC/C=C\C/C=C\C/C=C\CCCCCCC. The molecule has 0 fully saturated rings. The Labute approximate surface area is 511 Å². The second-order valence-corrected chi connectivity index (χ2v) is 21.6. The Hall–Kier alpha value is -5.23. The summed E-state index contributed by atoms with van der Waals surface area (Å²) in [6.07, 6.45) is 102. The lowest BCUT2D eigenvalue weighted by molar-refractivity contribution is -0.167. The van der Waals surface area contributed by atoms with Crippen LogP contribution >= 0.6 is 0 Å². The van der Waals surface area contributed by atoms with E-state index >= 15 is 0 Å². The molecule has 1 atom stereocenters. The van der Waals surface area contributed by atoms with Crippen LogP contribution in [0.1, 0.15) is 278 Å². The fourth-order valence-corrected chi connectivity index (χ4v) is 8.71. The normalized spacial score (nSPS) is 13.2. The highest BCUT2D eigenvalue weighted by atomic mass is 16.6. The van der Waals surface area contributed by atoms with Crippen molar-refractivity contribution in [1.82, 2.24) is 0 Å². The van der Waals surface area contributed by atoms with Crippen LogP contribution in [0.5, 0.6) is 0 Å². The van der Waals surface area contributed by atoms with E-state index in [0.717, 1.165) is 173 Å². The molecule has 0 saturated carbocycles. The van der Waals surface area contributed by atoms with Crippen LogP contribution in [-0.4, -0.2) is 37.2 Å². The summed E-state index contributed by atoms with van der Waals surface area (Å²) in [4.78, 5) is 38.3. The third-order valence-corrected chi connectivity index (χ3v) is 13.7. The van der Waals surface area contributed by atoms with Gasteiger partial charge in [0.1, 0.15) is 13.2 Å². The summed E-state index contributed by atoms with van der Waals surface area (Å²) in [7, 11) is 0. The number of rotatable bonds is 59. The highest BCUT2D eigenvalue weighted by Crippen LogP contribution is 2.14.